The topological polar surface area (TPSA) is 75.5 Å². The second-order valence-corrected chi connectivity index (χ2v) is 6.53. The molecule has 2 aromatic rings. The molecule has 6 nitrogen and oxygen atoms in total. The normalized spacial score (nSPS) is 14.2. The van der Waals surface area contributed by atoms with Crippen LogP contribution >= 0.6 is 0 Å². The first kappa shape index (κ1) is 19.7. The lowest BCUT2D eigenvalue weighted by Crippen LogP contribution is -2.22. The van der Waals surface area contributed by atoms with Crippen LogP contribution in [0.1, 0.15) is 24.0 Å². The standard InChI is InChI=1S/C19H18F3N3O3/c20-19(21,22)14-7-8-17(24-9-3-4-10-24)15(12-14)23-18(26)11-13-5-1-2-6-16(13)25(27)28/h1-2,5-8,12H,3-4,9-11H2,(H,23,26). The van der Waals surface area contributed by atoms with Crippen LogP contribution in [-0.4, -0.2) is 23.9 Å². The smallest absolute Gasteiger partial charge is 0.370 e. The minimum atomic E-state index is -4.54. The van der Waals surface area contributed by atoms with Crippen LogP contribution in [0.4, 0.5) is 30.2 Å². The van der Waals surface area contributed by atoms with Crippen molar-refractivity contribution in [3.63, 3.8) is 0 Å². The Kier molecular flexibility index (Phi) is 5.53. The van der Waals surface area contributed by atoms with Crippen molar-refractivity contribution in [1.82, 2.24) is 0 Å². The van der Waals surface area contributed by atoms with Gasteiger partial charge in [0.2, 0.25) is 5.91 Å². The average Bonchev–Trinajstić information content (AvgIpc) is 3.15. The Morgan fingerprint density at radius 2 is 1.82 bits per heavy atom. The average molecular weight is 393 g/mol. The minimum absolute atomic E-state index is 0.0558. The number of benzene rings is 2. The Labute approximate surface area is 159 Å². The van der Waals surface area contributed by atoms with E-state index >= 15 is 0 Å². The van der Waals surface area contributed by atoms with E-state index < -0.39 is 22.6 Å². The number of carbonyl (C=O) groups excluding carboxylic acids is 1. The van der Waals surface area contributed by atoms with Gasteiger partial charge >= 0.3 is 6.18 Å². The molecule has 0 aliphatic carbocycles. The quantitative estimate of drug-likeness (QED) is 0.604. The second-order valence-electron chi connectivity index (χ2n) is 6.53. The van der Waals surface area contributed by atoms with Crippen molar-refractivity contribution in [2.24, 2.45) is 0 Å². The number of nitrogens with one attached hydrogen (secondary N) is 1. The maximum atomic E-state index is 13.1. The number of anilines is 2. The summed E-state index contributed by atoms with van der Waals surface area (Å²) in [5, 5.41) is 13.6. The van der Waals surface area contributed by atoms with Crippen LogP contribution in [0, 0.1) is 10.1 Å². The molecule has 0 atom stereocenters. The number of carbonyl (C=O) groups is 1. The van der Waals surface area contributed by atoms with Crippen molar-refractivity contribution in [3.05, 3.63) is 63.7 Å². The molecule has 28 heavy (non-hydrogen) atoms. The fraction of sp³-hybridized carbons (Fsp3) is 0.316. The molecule has 1 heterocycles. The highest BCUT2D eigenvalue weighted by Gasteiger charge is 2.32. The fourth-order valence-electron chi connectivity index (χ4n) is 3.25. The summed E-state index contributed by atoms with van der Waals surface area (Å²) in [5.74, 6) is -0.617. The van der Waals surface area contributed by atoms with Gasteiger partial charge in [0, 0.05) is 24.7 Å². The summed E-state index contributed by atoms with van der Waals surface area (Å²) in [6.07, 6.45) is -3.01. The SMILES string of the molecule is O=C(Cc1ccccc1[N+](=O)[O-])Nc1cc(C(F)(F)F)ccc1N1CCCC1. The molecule has 9 heteroatoms. The molecule has 0 bridgehead atoms. The van der Waals surface area contributed by atoms with Crippen molar-refractivity contribution >= 4 is 23.0 Å². The minimum Gasteiger partial charge on any atom is -0.370 e. The molecule has 1 saturated heterocycles. The van der Waals surface area contributed by atoms with E-state index in [1.165, 1.54) is 24.3 Å². The zero-order valence-corrected chi connectivity index (χ0v) is 14.8. The first-order valence-electron chi connectivity index (χ1n) is 8.74. The number of para-hydroxylation sites is 1. The van der Waals surface area contributed by atoms with Crippen LogP contribution in [0.25, 0.3) is 0 Å². The van der Waals surface area contributed by atoms with E-state index in [9.17, 15) is 28.1 Å². The number of nitro groups is 1. The Hall–Kier alpha value is -3.10. The van der Waals surface area contributed by atoms with Crippen molar-refractivity contribution in [1.29, 1.82) is 0 Å². The van der Waals surface area contributed by atoms with E-state index in [0.717, 1.165) is 25.0 Å². The number of halogens is 3. The highest BCUT2D eigenvalue weighted by Crippen LogP contribution is 2.36. The number of hydrogen-bond donors (Lipinski definition) is 1. The van der Waals surface area contributed by atoms with Crippen LogP contribution in [0.5, 0.6) is 0 Å². The molecule has 1 aliphatic rings. The number of nitrogens with zero attached hydrogens (tertiary/aromatic N) is 2. The lowest BCUT2D eigenvalue weighted by molar-refractivity contribution is -0.385. The molecular weight excluding hydrogens is 375 g/mol. The molecule has 0 saturated carbocycles. The van der Waals surface area contributed by atoms with Crippen molar-refractivity contribution in [2.75, 3.05) is 23.3 Å². The van der Waals surface area contributed by atoms with Crippen LogP contribution in [0.15, 0.2) is 42.5 Å². The number of amides is 1. The Bertz CT molecular complexity index is 893. The van der Waals surface area contributed by atoms with Gasteiger partial charge in [-0.1, -0.05) is 18.2 Å². The number of alkyl halides is 3. The Balaban J connectivity index is 1.87. The van der Waals surface area contributed by atoms with Gasteiger partial charge < -0.3 is 10.2 Å². The summed E-state index contributed by atoms with van der Waals surface area (Å²) < 4.78 is 39.3. The van der Waals surface area contributed by atoms with Gasteiger partial charge in [0.25, 0.3) is 5.69 Å². The maximum absolute atomic E-state index is 13.1. The molecule has 0 spiro atoms. The molecule has 3 rings (SSSR count). The molecule has 0 unspecified atom stereocenters. The summed E-state index contributed by atoms with van der Waals surface area (Å²) in [6, 6.07) is 9.03. The molecule has 0 aromatic heterocycles. The zero-order chi connectivity index (χ0) is 20.3. The summed E-state index contributed by atoms with van der Waals surface area (Å²) in [4.78, 5) is 24.9. The van der Waals surface area contributed by atoms with Crippen molar-refractivity contribution in [3.8, 4) is 0 Å². The molecule has 1 aliphatic heterocycles. The highest BCUT2D eigenvalue weighted by molar-refractivity contribution is 5.96. The van der Waals surface area contributed by atoms with Crippen LogP contribution < -0.4 is 10.2 Å². The van der Waals surface area contributed by atoms with Crippen LogP contribution in [0.2, 0.25) is 0 Å². The van der Waals surface area contributed by atoms with Crippen molar-refractivity contribution < 1.29 is 22.9 Å². The number of hydrogen-bond acceptors (Lipinski definition) is 4. The van der Waals surface area contributed by atoms with E-state index in [1.54, 1.807) is 6.07 Å². The van der Waals surface area contributed by atoms with Gasteiger partial charge in [-0.15, -0.1) is 0 Å². The number of rotatable bonds is 5. The molecule has 2 aromatic carbocycles. The Morgan fingerprint density at radius 1 is 1.14 bits per heavy atom. The fourth-order valence-corrected chi connectivity index (χ4v) is 3.25. The molecule has 1 fully saturated rings. The van der Waals surface area contributed by atoms with Gasteiger partial charge in [0.1, 0.15) is 0 Å². The predicted octanol–water partition coefficient (Wildman–Crippen LogP) is 4.40. The van der Waals surface area contributed by atoms with Gasteiger partial charge in [-0.25, -0.2) is 0 Å². The summed E-state index contributed by atoms with van der Waals surface area (Å²) in [7, 11) is 0. The van der Waals surface area contributed by atoms with E-state index in [1.807, 2.05) is 4.90 Å². The van der Waals surface area contributed by atoms with E-state index in [-0.39, 0.29) is 23.4 Å². The molecular formula is C19H18F3N3O3. The van der Waals surface area contributed by atoms with E-state index in [4.69, 9.17) is 0 Å². The third-order valence-electron chi connectivity index (χ3n) is 4.58. The Morgan fingerprint density at radius 3 is 2.46 bits per heavy atom. The van der Waals surface area contributed by atoms with Gasteiger partial charge in [0.05, 0.1) is 28.3 Å². The molecule has 0 radical (unpaired) electrons. The summed E-state index contributed by atoms with van der Waals surface area (Å²) >= 11 is 0. The molecule has 1 amide bonds. The zero-order valence-electron chi connectivity index (χ0n) is 14.8. The van der Waals surface area contributed by atoms with Gasteiger partial charge in [-0.3, -0.25) is 14.9 Å². The third-order valence-corrected chi connectivity index (χ3v) is 4.58. The van der Waals surface area contributed by atoms with Crippen LogP contribution in [0.3, 0.4) is 0 Å². The van der Waals surface area contributed by atoms with E-state index in [0.29, 0.717) is 18.8 Å². The van der Waals surface area contributed by atoms with Crippen LogP contribution in [-0.2, 0) is 17.4 Å². The molecule has 148 valence electrons. The largest absolute Gasteiger partial charge is 0.416 e. The highest BCUT2D eigenvalue weighted by atomic mass is 19.4. The summed E-state index contributed by atoms with van der Waals surface area (Å²) in [5.41, 5.74) is -0.306. The maximum Gasteiger partial charge on any atom is 0.416 e. The van der Waals surface area contributed by atoms with Gasteiger partial charge in [-0.2, -0.15) is 13.2 Å². The molecule has 1 N–H and O–H groups in total. The number of nitro benzene ring substituents is 1. The van der Waals surface area contributed by atoms with Crippen molar-refractivity contribution in [2.45, 2.75) is 25.4 Å². The first-order valence-corrected chi connectivity index (χ1v) is 8.74. The lowest BCUT2D eigenvalue weighted by atomic mass is 10.1. The van der Waals surface area contributed by atoms with Gasteiger partial charge in [0.15, 0.2) is 0 Å². The van der Waals surface area contributed by atoms with E-state index in [2.05, 4.69) is 5.32 Å². The second kappa shape index (κ2) is 7.87. The lowest BCUT2D eigenvalue weighted by Gasteiger charge is -2.23. The van der Waals surface area contributed by atoms with Gasteiger partial charge in [-0.05, 0) is 31.0 Å². The monoisotopic (exact) mass is 393 g/mol. The first-order chi connectivity index (χ1) is 13.3. The third kappa shape index (κ3) is 4.41. The summed E-state index contributed by atoms with van der Waals surface area (Å²) in [6.45, 7) is 1.39. The predicted molar refractivity (Wildman–Crippen MR) is 98.3 cm³/mol.